The van der Waals surface area contributed by atoms with Crippen molar-refractivity contribution in [1.82, 2.24) is 0 Å². The molecule has 7 nitrogen and oxygen atoms in total. The molecule has 0 saturated heterocycles. The number of hydrogen-bond acceptors (Lipinski definition) is 7. The first-order valence-electron chi connectivity index (χ1n) is 6.80. The Bertz CT molecular complexity index is 453. The summed E-state index contributed by atoms with van der Waals surface area (Å²) in [5.41, 5.74) is 0. The Morgan fingerprint density at radius 1 is 0.810 bits per heavy atom. The highest BCUT2D eigenvalue weighted by atomic mass is 32.3. The second kappa shape index (κ2) is 10.6. The maximum Gasteiger partial charge on any atom is 0.399 e. The molecule has 21 heavy (non-hydrogen) atoms. The van der Waals surface area contributed by atoms with Gasteiger partial charge in [0.25, 0.3) is 0 Å². The highest BCUT2D eigenvalue weighted by Gasteiger charge is 2.12. The van der Waals surface area contributed by atoms with E-state index in [9.17, 15) is 22.8 Å². The maximum absolute atomic E-state index is 11.5. The van der Waals surface area contributed by atoms with Crippen LogP contribution in [-0.2, 0) is 33.1 Å². The van der Waals surface area contributed by atoms with Gasteiger partial charge in [-0.15, -0.1) is 0 Å². The molecule has 0 aliphatic heterocycles. The SMILES string of the molecule is CCCC(=O)CCC(=O)CCC(=O)CCOS(=O)(=O)OC. The Balaban J connectivity index is 3.78. The highest BCUT2D eigenvalue weighted by molar-refractivity contribution is 7.81. The minimum absolute atomic E-state index is 0.0250. The van der Waals surface area contributed by atoms with E-state index >= 15 is 0 Å². The lowest BCUT2D eigenvalue weighted by Crippen LogP contribution is -2.12. The average Bonchev–Trinajstić information content (AvgIpc) is 2.43. The van der Waals surface area contributed by atoms with E-state index in [2.05, 4.69) is 8.37 Å². The summed E-state index contributed by atoms with van der Waals surface area (Å²) in [6.07, 6.45) is 1.58. The number of hydrogen-bond donors (Lipinski definition) is 0. The predicted molar refractivity (Wildman–Crippen MR) is 74.9 cm³/mol. The van der Waals surface area contributed by atoms with Crippen LogP contribution in [0, 0.1) is 0 Å². The monoisotopic (exact) mass is 322 g/mol. The molecule has 122 valence electrons. The van der Waals surface area contributed by atoms with Crippen LogP contribution in [-0.4, -0.2) is 39.5 Å². The van der Waals surface area contributed by atoms with Gasteiger partial charge in [0.2, 0.25) is 0 Å². The molecule has 0 amide bonds. The van der Waals surface area contributed by atoms with Crippen molar-refractivity contribution in [3.05, 3.63) is 0 Å². The van der Waals surface area contributed by atoms with Crippen molar-refractivity contribution < 1.29 is 31.2 Å². The summed E-state index contributed by atoms with van der Waals surface area (Å²) in [6.45, 7) is 1.59. The lowest BCUT2D eigenvalue weighted by molar-refractivity contribution is -0.126. The van der Waals surface area contributed by atoms with Crippen molar-refractivity contribution in [2.45, 2.75) is 51.9 Å². The van der Waals surface area contributed by atoms with Crippen molar-refractivity contribution in [2.75, 3.05) is 13.7 Å². The van der Waals surface area contributed by atoms with Gasteiger partial charge in [-0.3, -0.25) is 18.6 Å². The Labute approximate surface area is 125 Å². The molecule has 0 aliphatic carbocycles. The van der Waals surface area contributed by atoms with E-state index in [0.717, 1.165) is 13.5 Å². The number of ketones is 3. The van der Waals surface area contributed by atoms with Crippen LogP contribution in [0.1, 0.15) is 51.9 Å². The summed E-state index contributed by atoms with van der Waals surface area (Å²) in [5, 5.41) is 0. The van der Waals surface area contributed by atoms with Gasteiger partial charge in [0.15, 0.2) is 0 Å². The largest absolute Gasteiger partial charge is 0.399 e. The smallest absolute Gasteiger partial charge is 0.300 e. The fourth-order valence-electron chi connectivity index (χ4n) is 1.52. The predicted octanol–water partition coefficient (Wildman–Crippen LogP) is 1.35. The first-order chi connectivity index (χ1) is 9.80. The average molecular weight is 322 g/mol. The minimum Gasteiger partial charge on any atom is -0.300 e. The molecule has 0 N–H and O–H groups in total. The summed E-state index contributed by atoms with van der Waals surface area (Å²) in [4.78, 5) is 34.2. The number of Topliss-reactive ketones (excluding diaryl/α,β-unsaturated/α-hetero) is 3. The van der Waals surface area contributed by atoms with Crippen LogP contribution < -0.4 is 0 Å². The molecule has 0 atom stereocenters. The Morgan fingerprint density at radius 2 is 1.24 bits per heavy atom. The lowest BCUT2D eigenvalue weighted by atomic mass is 10.0. The quantitative estimate of drug-likeness (QED) is 0.504. The van der Waals surface area contributed by atoms with Gasteiger partial charge in [0.1, 0.15) is 17.3 Å². The molecule has 0 radical (unpaired) electrons. The summed E-state index contributed by atoms with van der Waals surface area (Å²) < 4.78 is 30.0. The van der Waals surface area contributed by atoms with Crippen LogP contribution in [0.2, 0.25) is 0 Å². The molecule has 0 unspecified atom stereocenters. The van der Waals surface area contributed by atoms with Crippen LogP contribution in [0.3, 0.4) is 0 Å². The summed E-state index contributed by atoms with van der Waals surface area (Å²) >= 11 is 0. The second-order valence-corrected chi connectivity index (χ2v) is 5.90. The molecule has 0 aromatic carbocycles. The molecular formula is C13H22O7S. The van der Waals surface area contributed by atoms with Crippen LogP contribution >= 0.6 is 0 Å². The van der Waals surface area contributed by atoms with Crippen LogP contribution in [0.5, 0.6) is 0 Å². The fraction of sp³-hybridized carbons (Fsp3) is 0.769. The Kier molecular flexibility index (Phi) is 10.0. The van der Waals surface area contributed by atoms with Crippen molar-refractivity contribution in [3.63, 3.8) is 0 Å². The Morgan fingerprint density at radius 3 is 1.67 bits per heavy atom. The topological polar surface area (TPSA) is 104 Å². The fourth-order valence-corrected chi connectivity index (χ4v) is 1.90. The van der Waals surface area contributed by atoms with Gasteiger partial charge in [-0.1, -0.05) is 6.92 Å². The molecular weight excluding hydrogens is 300 g/mol. The third-order valence-electron chi connectivity index (χ3n) is 2.71. The van der Waals surface area contributed by atoms with E-state index in [0.29, 0.717) is 6.42 Å². The number of carbonyl (C=O) groups excluding carboxylic acids is 3. The molecule has 0 rings (SSSR count). The van der Waals surface area contributed by atoms with Gasteiger partial charge in [-0.25, -0.2) is 4.18 Å². The molecule has 0 saturated carbocycles. The summed E-state index contributed by atoms with van der Waals surface area (Å²) in [7, 11) is -3.07. The van der Waals surface area contributed by atoms with E-state index in [1.807, 2.05) is 6.92 Å². The van der Waals surface area contributed by atoms with Crippen molar-refractivity contribution >= 4 is 27.7 Å². The number of carbonyl (C=O) groups is 3. The second-order valence-electron chi connectivity index (χ2n) is 4.51. The molecule has 0 aromatic heterocycles. The van der Waals surface area contributed by atoms with Gasteiger partial charge in [0.05, 0.1) is 13.7 Å². The highest BCUT2D eigenvalue weighted by Crippen LogP contribution is 2.05. The van der Waals surface area contributed by atoms with Gasteiger partial charge < -0.3 is 0 Å². The van der Waals surface area contributed by atoms with Crippen molar-refractivity contribution in [2.24, 2.45) is 0 Å². The van der Waals surface area contributed by atoms with Gasteiger partial charge >= 0.3 is 10.4 Å². The summed E-state index contributed by atoms with van der Waals surface area (Å²) in [6, 6.07) is 0. The molecule has 0 fully saturated rings. The zero-order valence-electron chi connectivity index (χ0n) is 12.4. The Hall–Kier alpha value is -1.12. The molecule has 0 aliphatic rings. The lowest BCUT2D eigenvalue weighted by Gasteiger charge is -2.03. The number of rotatable bonds is 13. The molecule has 0 aromatic rings. The standard InChI is InChI=1S/C13H22O7S/c1-3-4-11(14)5-6-12(15)7-8-13(16)9-10-20-21(17,18)19-2/h3-10H2,1-2H3. The summed E-state index contributed by atoms with van der Waals surface area (Å²) in [5.74, 6) is -0.358. The molecule has 0 heterocycles. The third kappa shape index (κ3) is 11.2. The molecule has 0 bridgehead atoms. The van der Waals surface area contributed by atoms with Crippen LogP contribution in [0.4, 0.5) is 0 Å². The van der Waals surface area contributed by atoms with Gasteiger partial charge in [0, 0.05) is 38.5 Å². The van der Waals surface area contributed by atoms with E-state index < -0.39 is 10.4 Å². The van der Waals surface area contributed by atoms with E-state index in [-0.39, 0.29) is 56.1 Å². The van der Waals surface area contributed by atoms with E-state index in [1.54, 1.807) is 0 Å². The van der Waals surface area contributed by atoms with Crippen molar-refractivity contribution in [1.29, 1.82) is 0 Å². The maximum atomic E-state index is 11.5. The normalized spacial score (nSPS) is 11.3. The zero-order valence-corrected chi connectivity index (χ0v) is 13.2. The van der Waals surface area contributed by atoms with Crippen LogP contribution in [0.15, 0.2) is 0 Å². The minimum atomic E-state index is -4.03. The van der Waals surface area contributed by atoms with Crippen molar-refractivity contribution in [3.8, 4) is 0 Å². The van der Waals surface area contributed by atoms with E-state index in [1.165, 1.54) is 0 Å². The zero-order chi connectivity index (χ0) is 16.3. The first-order valence-corrected chi connectivity index (χ1v) is 8.14. The first kappa shape index (κ1) is 19.9. The van der Waals surface area contributed by atoms with Gasteiger partial charge in [-0.2, -0.15) is 8.42 Å². The van der Waals surface area contributed by atoms with Crippen LogP contribution in [0.25, 0.3) is 0 Å². The third-order valence-corrected chi connectivity index (χ3v) is 3.57. The molecule has 0 spiro atoms. The van der Waals surface area contributed by atoms with E-state index in [4.69, 9.17) is 0 Å². The van der Waals surface area contributed by atoms with Gasteiger partial charge in [-0.05, 0) is 6.42 Å². The molecule has 8 heteroatoms.